The van der Waals surface area contributed by atoms with Crippen molar-refractivity contribution in [3.8, 4) is 0 Å². The standard InChI is InChI=1S/C24H35N3O3/c1-24(2,3)17-10-16-6-8-26(23(28)27-12-19-5-4-18(27)14-30-19)13-21(16)20(11-17)22-15-29-9-7-25-22/h10-11,18-19,22,25H,4-9,12-15H2,1-3H3/t18-,19-,22+/m1/s1. The molecule has 0 spiro atoms. The number of urea groups is 1. The third-order valence-electron chi connectivity index (χ3n) is 7.24. The van der Waals surface area contributed by atoms with Gasteiger partial charge in [0.1, 0.15) is 0 Å². The molecule has 6 nitrogen and oxygen atoms in total. The molecule has 0 unspecified atom stereocenters. The van der Waals surface area contributed by atoms with E-state index in [2.05, 4.69) is 48.0 Å². The van der Waals surface area contributed by atoms with Crippen LogP contribution in [-0.4, -0.2) is 67.4 Å². The van der Waals surface area contributed by atoms with E-state index in [1.165, 1.54) is 22.3 Å². The summed E-state index contributed by atoms with van der Waals surface area (Å²) in [5.41, 5.74) is 5.51. The van der Waals surface area contributed by atoms with Crippen molar-refractivity contribution in [2.75, 3.05) is 39.5 Å². The van der Waals surface area contributed by atoms with Gasteiger partial charge in [0.15, 0.2) is 0 Å². The second kappa shape index (κ2) is 7.81. The van der Waals surface area contributed by atoms with Gasteiger partial charge >= 0.3 is 6.03 Å². The predicted molar refractivity (Wildman–Crippen MR) is 116 cm³/mol. The molecule has 4 saturated heterocycles. The molecule has 30 heavy (non-hydrogen) atoms. The van der Waals surface area contributed by atoms with Crippen molar-refractivity contribution in [1.29, 1.82) is 0 Å². The molecule has 6 heteroatoms. The number of benzene rings is 1. The Morgan fingerprint density at radius 2 is 2.07 bits per heavy atom. The largest absolute Gasteiger partial charge is 0.378 e. The summed E-state index contributed by atoms with van der Waals surface area (Å²) in [4.78, 5) is 17.6. The molecule has 3 atom stereocenters. The fourth-order valence-electron chi connectivity index (χ4n) is 5.34. The van der Waals surface area contributed by atoms with Crippen LogP contribution in [-0.2, 0) is 27.9 Å². The summed E-state index contributed by atoms with van der Waals surface area (Å²) in [5.74, 6) is 0. The fourth-order valence-corrected chi connectivity index (χ4v) is 5.34. The van der Waals surface area contributed by atoms with Gasteiger partial charge in [0.25, 0.3) is 0 Å². The highest BCUT2D eigenvalue weighted by Gasteiger charge is 2.40. The Hall–Kier alpha value is -1.63. The molecule has 2 bridgehead atoms. The average Bonchev–Trinajstić information content (AvgIpc) is 2.78. The highest BCUT2D eigenvalue weighted by Crippen LogP contribution is 2.35. The van der Waals surface area contributed by atoms with E-state index >= 15 is 0 Å². The van der Waals surface area contributed by atoms with E-state index in [0.29, 0.717) is 19.8 Å². The number of fused-ring (bicyclic) bond motifs is 4. The predicted octanol–water partition coefficient (Wildman–Crippen LogP) is 2.99. The van der Waals surface area contributed by atoms with Crippen molar-refractivity contribution >= 4 is 6.03 Å². The van der Waals surface area contributed by atoms with Crippen molar-refractivity contribution in [1.82, 2.24) is 15.1 Å². The summed E-state index contributed by atoms with van der Waals surface area (Å²) in [6.45, 7) is 12.1. The van der Waals surface area contributed by atoms with E-state index in [-0.39, 0.29) is 29.6 Å². The highest BCUT2D eigenvalue weighted by molar-refractivity contribution is 5.75. The van der Waals surface area contributed by atoms with Crippen LogP contribution in [0.3, 0.4) is 0 Å². The lowest BCUT2D eigenvalue weighted by Gasteiger charge is -2.47. The number of nitrogens with one attached hydrogen (secondary N) is 1. The normalized spacial score (nSPS) is 29.1. The summed E-state index contributed by atoms with van der Waals surface area (Å²) in [6, 6.07) is 5.37. The quantitative estimate of drug-likeness (QED) is 0.769. The van der Waals surface area contributed by atoms with Gasteiger partial charge in [-0.1, -0.05) is 32.9 Å². The Morgan fingerprint density at radius 1 is 1.20 bits per heavy atom. The number of nitrogens with zero attached hydrogens (tertiary/aromatic N) is 2. The maximum atomic E-state index is 13.4. The molecular formula is C24H35N3O3. The molecule has 1 aromatic rings. The zero-order valence-electron chi connectivity index (χ0n) is 18.6. The molecule has 5 aliphatic rings. The lowest BCUT2D eigenvalue weighted by Crippen LogP contribution is -2.60. The lowest BCUT2D eigenvalue weighted by molar-refractivity contribution is -0.0923. The van der Waals surface area contributed by atoms with Crippen LogP contribution in [0.2, 0.25) is 0 Å². The van der Waals surface area contributed by atoms with Crippen LogP contribution < -0.4 is 5.32 Å². The molecule has 1 aromatic carbocycles. The van der Waals surface area contributed by atoms with Crippen LogP contribution in [0.4, 0.5) is 4.79 Å². The van der Waals surface area contributed by atoms with E-state index in [4.69, 9.17) is 9.47 Å². The average molecular weight is 414 g/mol. The number of hydrogen-bond acceptors (Lipinski definition) is 4. The Labute approximate surface area is 179 Å². The fraction of sp³-hybridized carbons (Fsp3) is 0.708. The van der Waals surface area contributed by atoms with Crippen LogP contribution in [0.5, 0.6) is 0 Å². The third-order valence-corrected chi connectivity index (χ3v) is 7.24. The van der Waals surface area contributed by atoms with Crippen molar-refractivity contribution in [2.24, 2.45) is 0 Å². The zero-order chi connectivity index (χ0) is 20.9. The zero-order valence-corrected chi connectivity index (χ0v) is 18.6. The van der Waals surface area contributed by atoms with Crippen molar-refractivity contribution in [3.05, 3.63) is 34.4 Å². The number of morpholine rings is 2. The van der Waals surface area contributed by atoms with Crippen LogP contribution >= 0.6 is 0 Å². The third kappa shape index (κ3) is 3.74. The number of carbonyl (C=O) groups is 1. The van der Waals surface area contributed by atoms with Gasteiger partial charge in [-0.15, -0.1) is 0 Å². The molecular weight excluding hydrogens is 378 g/mol. The Morgan fingerprint density at radius 3 is 2.70 bits per heavy atom. The first-order valence-corrected chi connectivity index (χ1v) is 11.5. The summed E-state index contributed by atoms with van der Waals surface area (Å²) in [7, 11) is 0. The topological polar surface area (TPSA) is 54.0 Å². The van der Waals surface area contributed by atoms with E-state index in [9.17, 15) is 4.79 Å². The van der Waals surface area contributed by atoms with E-state index in [0.717, 1.165) is 45.5 Å². The van der Waals surface area contributed by atoms with Crippen LogP contribution in [0.15, 0.2) is 12.1 Å². The van der Waals surface area contributed by atoms with Gasteiger partial charge < -0.3 is 24.6 Å². The minimum absolute atomic E-state index is 0.0965. The maximum Gasteiger partial charge on any atom is 0.320 e. The molecule has 0 saturated carbocycles. The first kappa shape index (κ1) is 20.3. The van der Waals surface area contributed by atoms with Gasteiger partial charge in [-0.25, -0.2) is 4.79 Å². The van der Waals surface area contributed by atoms with E-state index in [1.807, 2.05) is 0 Å². The summed E-state index contributed by atoms with van der Waals surface area (Å²) < 4.78 is 11.6. The summed E-state index contributed by atoms with van der Waals surface area (Å²) in [5, 5.41) is 3.64. The molecule has 4 fully saturated rings. The Balaban J connectivity index is 1.44. The van der Waals surface area contributed by atoms with Crippen LogP contribution in [0, 0.1) is 0 Å². The Bertz CT molecular complexity index is 805. The van der Waals surface area contributed by atoms with Gasteiger partial charge in [0, 0.05) is 26.2 Å². The van der Waals surface area contributed by atoms with Crippen LogP contribution in [0.25, 0.3) is 0 Å². The first-order valence-electron chi connectivity index (χ1n) is 11.5. The molecule has 0 aliphatic carbocycles. The van der Waals surface area contributed by atoms with Gasteiger partial charge in [-0.05, 0) is 46.9 Å². The Kier molecular flexibility index (Phi) is 5.28. The summed E-state index contributed by atoms with van der Waals surface area (Å²) >= 11 is 0. The van der Waals surface area contributed by atoms with Gasteiger partial charge in [-0.2, -0.15) is 0 Å². The molecule has 0 radical (unpaired) electrons. The van der Waals surface area contributed by atoms with Gasteiger partial charge in [0.05, 0.1) is 38.0 Å². The molecule has 6 rings (SSSR count). The number of hydrogen-bond donors (Lipinski definition) is 1. The lowest BCUT2D eigenvalue weighted by atomic mass is 9.80. The SMILES string of the molecule is CC(C)(C)c1cc2c(c([C@@H]3COCCN3)c1)CN(C(=O)N1C[C@H]3CC[C@@H]1CO3)CC2. The molecule has 0 aromatic heterocycles. The van der Waals surface area contributed by atoms with E-state index in [1.54, 1.807) is 0 Å². The minimum Gasteiger partial charge on any atom is -0.378 e. The van der Waals surface area contributed by atoms with Crippen molar-refractivity contribution in [3.63, 3.8) is 0 Å². The highest BCUT2D eigenvalue weighted by atomic mass is 16.5. The smallest absolute Gasteiger partial charge is 0.320 e. The summed E-state index contributed by atoms with van der Waals surface area (Å²) in [6.07, 6.45) is 3.31. The minimum atomic E-state index is 0.0965. The van der Waals surface area contributed by atoms with E-state index < -0.39 is 0 Å². The molecule has 164 valence electrons. The van der Waals surface area contributed by atoms with Crippen molar-refractivity contribution in [2.45, 2.75) is 70.2 Å². The molecule has 2 amide bonds. The second-order valence-corrected chi connectivity index (χ2v) is 10.3. The molecule has 5 aliphatic heterocycles. The van der Waals surface area contributed by atoms with Gasteiger partial charge in [-0.3, -0.25) is 0 Å². The molecule has 1 N–H and O–H groups in total. The number of amides is 2. The number of rotatable bonds is 1. The monoisotopic (exact) mass is 413 g/mol. The van der Waals surface area contributed by atoms with Crippen molar-refractivity contribution < 1.29 is 14.3 Å². The first-order chi connectivity index (χ1) is 14.4. The number of piperidine rings is 1. The second-order valence-electron chi connectivity index (χ2n) is 10.3. The number of carbonyl (C=O) groups excluding carboxylic acids is 1. The number of ether oxygens (including phenoxy) is 2. The molecule has 5 heterocycles. The van der Waals surface area contributed by atoms with Crippen LogP contribution in [0.1, 0.15) is 61.9 Å². The maximum absolute atomic E-state index is 13.4. The van der Waals surface area contributed by atoms with Gasteiger partial charge in [0.2, 0.25) is 0 Å².